The van der Waals surface area contributed by atoms with Gasteiger partial charge in [0, 0.05) is 6.92 Å². The van der Waals surface area contributed by atoms with Crippen molar-refractivity contribution in [3.05, 3.63) is 12.2 Å². The predicted octanol–water partition coefficient (Wildman–Crippen LogP) is 1.80. The van der Waals surface area contributed by atoms with Crippen molar-refractivity contribution in [2.45, 2.75) is 44.6 Å². The second-order valence-corrected chi connectivity index (χ2v) is 3.87. The Labute approximate surface area is 84.8 Å². The minimum Gasteiger partial charge on any atom is -0.462 e. The van der Waals surface area contributed by atoms with Crippen LogP contribution in [0.4, 0.5) is 0 Å². The van der Waals surface area contributed by atoms with E-state index in [0.29, 0.717) is 0 Å². The van der Waals surface area contributed by atoms with E-state index >= 15 is 0 Å². The Morgan fingerprint density at radius 3 is 2.64 bits per heavy atom. The molecule has 1 saturated carbocycles. The van der Waals surface area contributed by atoms with Crippen molar-refractivity contribution in [2.75, 3.05) is 6.61 Å². The summed E-state index contributed by atoms with van der Waals surface area (Å²) in [5.41, 5.74) is -0.654. The lowest BCUT2D eigenvalue weighted by Gasteiger charge is -2.28. The lowest BCUT2D eigenvalue weighted by molar-refractivity contribution is -0.139. The number of aliphatic hydroxyl groups is 1. The highest BCUT2D eigenvalue weighted by molar-refractivity contribution is 5.65. The maximum atomic E-state index is 10.5. The summed E-state index contributed by atoms with van der Waals surface area (Å²) < 4.78 is 4.74. The molecule has 0 heterocycles. The summed E-state index contributed by atoms with van der Waals surface area (Å²) in [4.78, 5) is 10.5. The van der Waals surface area contributed by atoms with Crippen molar-refractivity contribution in [2.24, 2.45) is 0 Å². The number of rotatable bonds is 3. The van der Waals surface area contributed by atoms with Crippen LogP contribution < -0.4 is 0 Å². The highest BCUT2D eigenvalue weighted by Gasteiger charge is 2.25. The van der Waals surface area contributed by atoms with Gasteiger partial charge in [-0.05, 0) is 18.9 Å². The van der Waals surface area contributed by atoms with Gasteiger partial charge in [0.05, 0.1) is 5.60 Å². The van der Waals surface area contributed by atoms with Crippen LogP contribution in [-0.2, 0) is 9.53 Å². The Morgan fingerprint density at radius 2 is 2.07 bits per heavy atom. The number of hydrogen-bond donors (Lipinski definition) is 1. The largest absolute Gasteiger partial charge is 0.462 e. The standard InChI is InChI=1S/C11H18O3/c1-10(12)14-9-5-8-11(13)6-3-2-4-7-11/h5,8,13H,2-4,6-7,9H2,1H3/b8-5+. The van der Waals surface area contributed by atoms with Crippen LogP contribution in [0.1, 0.15) is 39.0 Å². The zero-order valence-electron chi connectivity index (χ0n) is 8.66. The number of carbonyl (C=O) groups is 1. The van der Waals surface area contributed by atoms with Crippen LogP contribution in [0.3, 0.4) is 0 Å². The quantitative estimate of drug-likeness (QED) is 0.555. The molecule has 0 aromatic heterocycles. The highest BCUT2D eigenvalue weighted by atomic mass is 16.5. The third-order valence-corrected chi connectivity index (χ3v) is 2.53. The van der Waals surface area contributed by atoms with E-state index < -0.39 is 5.60 Å². The van der Waals surface area contributed by atoms with E-state index in [9.17, 15) is 9.90 Å². The van der Waals surface area contributed by atoms with Crippen LogP contribution in [-0.4, -0.2) is 23.3 Å². The molecule has 3 heteroatoms. The van der Waals surface area contributed by atoms with Gasteiger partial charge in [0.2, 0.25) is 0 Å². The second-order valence-electron chi connectivity index (χ2n) is 3.87. The molecular weight excluding hydrogens is 180 g/mol. The van der Waals surface area contributed by atoms with Crippen molar-refractivity contribution < 1.29 is 14.6 Å². The molecule has 14 heavy (non-hydrogen) atoms. The predicted molar refractivity (Wildman–Crippen MR) is 53.8 cm³/mol. The van der Waals surface area contributed by atoms with Gasteiger partial charge in [0.15, 0.2) is 0 Å². The summed E-state index contributed by atoms with van der Waals surface area (Å²) in [6, 6.07) is 0. The summed E-state index contributed by atoms with van der Waals surface area (Å²) in [5, 5.41) is 10.0. The lowest BCUT2D eigenvalue weighted by Crippen LogP contribution is -2.28. The molecule has 0 radical (unpaired) electrons. The van der Waals surface area contributed by atoms with Crippen LogP contribution in [0.15, 0.2) is 12.2 Å². The van der Waals surface area contributed by atoms with Crippen molar-refractivity contribution in [1.82, 2.24) is 0 Å². The number of carbonyl (C=O) groups excluding carboxylic acids is 1. The average Bonchev–Trinajstić information content (AvgIpc) is 2.14. The Balaban J connectivity index is 2.29. The van der Waals surface area contributed by atoms with E-state index in [1.807, 2.05) is 0 Å². The minimum atomic E-state index is -0.654. The van der Waals surface area contributed by atoms with Crippen LogP contribution in [0.5, 0.6) is 0 Å². The molecule has 0 aromatic rings. The summed E-state index contributed by atoms with van der Waals surface area (Å²) in [6.45, 7) is 1.64. The van der Waals surface area contributed by atoms with Crippen molar-refractivity contribution in [1.29, 1.82) is 0 Å². The monoisotopic (exact) mass is 198 g/mol. The smallest absolute Gasteiger partial charge is 0.302 e. The van der Waals surface area contributed by atoms with E-state index in [-0.39, 0.29) is 12.6 Å². The van der Waals surface area contributed by atoms with E-state index in [0.717, 1.165) is 25.7 Å². The van der Waals surface area contributed by atoms with Crippen molar-refractivity contribution in [3.8, 4) is 0 Å². The molecule has 1 aliphatic carbocycles. The molecule has 0 spiro atoms. The number of hydrogen-bond acceptors (Lipinski definition) is 3. The minimum absolute atomic E-state index is 0.262. The van der Waals surface area contributed by atoms with E-state index in [2.05, 4.69) is 0 Å². The maximum absolute atomic E-state index is 10.5. The molecule has 3 nitrogen and oxygen atoms in total. The fourth-order valence-electron chi connectivity index (χ4n) is 1.76. The zero-order chi connectivity index (χ0) is 10.4. The fraction of sp³-hybridized carbons (Fsp3) is 0.727. The lowest BCUT2D eigenvalue weighted by atomic mass is 9.85. The van der Waals surface area contributed by atoms with E-state index in [1.165, 1.54) is 13.3 Å². The fourth-order valence-corrected chi connectivity index (χ4v) is 1.76. The van der Waals surface area contributed by atoms with Gasteiger partial charge in [-0.3, -0.25) is 4.79 Å². The topological polar surface area (TPSA) is 46.5 Å². The zero-order valence-corrected chi connectivity index (χ0v) is 8.66. The SMILES string of the molecule is CC(=O)OC/C=C/C1(O)CCCCC1. The van der Waals surface area contributed by atoms with Gasteiger partial charge < -0.3 is 9.84 Å². The first kappa shape index (κ1) is 11.2. The number of ether oxygens (including phenoxy) is 1. The average molecular weight is 198 g/mol. The van der Waals surface area contributed by atoms with Crippen LogP contribution in [0, 0.1) is 0 Å². The summed E-state index contributed by atoms with van der Waals surface area (Å²) >= 11 is 0. The molecule has 0 aromatic carbocycles. The second kappa shape index (κ2) is 5.15. The van der Waals surface area contributed by atoms with Gasteiger partial charge in [0.25, 0.3) is 0 Å². The van der Waals surface area contributed by atoms with Crippen LogP contribution in [0.25, 0.3) is 0 Å². The van der Waals surface area contributed by atoms with Gasteiger partial charge in [-0.25, -0.2) is 0 Å². The molecule has 0 atom stereocenters. The summed E-state index contributed by atoms with van der Waals surface area (Å²) in [6.07, 6.45) is 8.51. The first-order valence-corrected chi connectivity index (χ1v) is 5.16. The molecule has 1 N–H and O–H groups in total. The van der Waals surface area contributed by atoms with Gasteiger partial charge in [-0.1, -0.05) is 25.3 Å². The molecule has 0 saturated heterocycles. The van der Waals surface area contributed by atoms with Gasteiger partial charge in [-0.15, -0.1) is 0 Å². The number of esters is 1. The van der Waals surface area contributed by atoms with Crippen molar-refractivity contribution in [3.63, 3.8) is 0 Å². The molecule has 1 rings (SSSR count). The molecular formula is C11H18O3. The van der Waals surface area contributed by atoms with E-state index in [1.54, 1.807) is 12.2 Å². The first-order chi connectivity index (χ1) is 6.62. The Kier molecular flexibility index (Phi) is 4.14. The summed E-state index contributed by atoms with van der Waals surface area (Å²) in [5.74, 6) is -0.287. The molecule has 0 unspecified atom stereocenters. The molecule has 1 fully saturated rings. The van der Waals surface area contributed by atoms with Gasteiger partial charge in [-0.2, -0.15) is 0 Å². The molecule has 0 aliphatic heterocycles. The maximum Gasteiger partial charge on any atom is 0.302 e. The molecule has 0 bridgehead atoms. The summed E-state index contributed by atoms with van der Waals surface area (Å²) in [7, 11) is 0. The molecule has 80 valence electrons. The first-order valence-electron chi connectivity index (χ1n) is 5.16. The molecule has 0 amide bonds. The normalized spacial score (nSPS) is 21.0. The van der Waals surface area contributed by atoms with Gasteiger partial charge in [0.1, 0.15) is 6.61 Å². The van der Waals surface area contributed by atoms with Gasteiger partial charge >= 0.3 is 5.97 Å². The third-order valence-electron chi connectivity index (χ3n) is 2.53. The third kappa shape index (κ3) is 3.92. The van der Waals surface area contributed by atoms with Crippen LogP contribution in [0.2, 0.25) is 0 Å². The molecule has 1 aliphatic rings. The Bertz CT molecular complexity index is 215. The van der Waals surface area contributed by atoms with Crippen molar-refractivity contribution >= 4 is 5.97 Å². The van der Waals surface area contributed by atoms with E-state index in [4.69, 9.17) is 4.74 Å². The van der Waals surface area contributed by atoms with Crippen LogP contribution >= 0.6 is 0 Å². The highest BCUT2D eigenvalue weighted by Crippen LogP contribution is 2.28. The Hall–Kier alpha value is -0.830. The Morgan fingerprint density at radius 1 is 1.43 bits per heavy atom.